The molecule has 0 aliphatic heterocycles. The van der Waals surface area contributed by atoms with E-state index in [9.17, 15) is 14.5 Å². The van der Waals surface area contributed by atoms with Crippen molar-refractivity contribution in [3.63, 3.8) is 0 Å². The van der Waals surface area contributed by atoms with E-state index in [1.54, 1.807) is 6.08 Å². The molecule has 0 aliphatic carbocycles. The highest BCUT2D eigenvalue weighted by Gasteiger charge is 2.15. The lowest BCUT2D eigenvalue weighted by Crippen LogP contribution is -2.15. The highest BCUT2D eigenvalue weighted by atomic mass is 19.1. The standard InChI is InChI=1S/C11H13FN2O2/c1-3-4-8(2)13-10-7-9(12)5-6-11(10)14(15)16/h3,5-8,13H,1,4H2,2H3. The van der Waals surface area contributed by atoms with Crippen molar-refractivity contribution >= 4 is 11.4 Å². The maximum atomic E-state index is 13.0. The minimum absolute atomic E-state index is 0.0296. The number of hydrogen-bond acceptors (Lipinski definition) is 3. The first-order valence-corrected chi connectivity index (χ1v) is 4.86. The van der Waals surface area contributed by atoms with Gasteiger partial charge in [-0.25, -0.2) is 4.39 Å². The van der Waals surface area contributed by atoms with Crippen LogP contribution >= 0.6 is 0 Å². The van der Waals surface area contributed by atoms with Gasteiger partial charge in [0.25, 0.3) is 5.69 Å². The van der Waals surface area contributed by atoms with E-state index in [1.807, 2.05) is 6.92 Å². The topological polar surface area (TPSA) is 55.2 Å². The van der Waals surface area contributed by atoms with Crippen LogP contribution in [0, 0.1) is 15.9 Å². The van der Waals surface area contributed by atoms with Gasteiger partial charge >= 0.3 is 0 Å². The molecule has 0 bridgehead atoms. The third kappa shape index (κ3) is 3.05. The van der Waals surface area contributed by atoms with Gasteiger partial charge in [-0.2, -0.15) is 0 Å². The van der Waals surface area contributed by atoms with Gasteiger partial charge in [-0.05, 0) is 19.4 Å². The van der Waals surface area contributed by atoms with Gasteiger partial charge in [-0.1, -0.05) is 6.08 Å². The Morgan fingerprint density at radius 2 is 2.38 bits per heavy atom. The average Bonchev–Trinajstić information content (AvgIpc) is 2.17. The predicted molar refractivity (Wildman–Crippen MR) is 61.0 cm³/mol. The minimum Gasteiger partial charge on any atom is -0.377 e. The second-order valence-electron chi connectivity index (χ2n) is 3.49. The third-order valence-electron chi connectivity index (χ3n) is 2.08. The number of halogens is 1. The van der Waals surface area contributed by atoms with Gasteiger partial charge in [0, 0.05) is 18.2 Å². The quantitative estimate of drug-likeness (QED) is 0.475. The molecule has 0 radical (unpaired) electrons. The van der Waals surface area contributed by atoms with Crippen LogP contribution in [0.25, 0.3) is 0 Å². The lowest BCUT2D eigenvalue weighted by atomic mass is 10.2. The fourth-order valence-electron chi connectivity index (χ4n) is 1.36. The summed E-state index contributed by atoms with van der Waals surface area (Å²) in [7, 11) is 0. The maximum Gasteiger partial charge on any atom is 0.292 e. The smallest absolute Gasteiger partial charge is 0.292 e. The first kappa shape index (κ1) is 12.2. The fourth-order valence-corrected chi connectivity index (χ4v) is 1.36. The van der Waals surface area contributed by atoms with E-state index in [1.165, 1.54) is 0 Å². The van der Waals surface area contributed by atoms with Crippen LogP contribution in [0.4, 0.5) is 15.8 Å². The van der Waals surface area contributed by atoms with Crippen LogP contribution in [0.2, 0.25) is 0 Å². The van der Waals surface area contributed by atoms with Gasteiger partial charge in [0.2, 0.25) is 0 Å². The van der Waals surface area contributed by atoms with Crippen LogP contribution in [-0.4, -0.2) is 11.0 Å². The van der Waals surface area contributed by atoms with Crippen LogP contribution in [0.15, 0.2) is 30.9 Å². The molecule has 0 saturated heterocycles. The largest absolute Gasteiger partial charge is 0.377 e. The summed E-state index contributed by atoms with van der Waals surface area (Å²) < 4.78 is 13.0. The number of nitro benzene ring substituents is 1. The van der Waals surface area contributed by atoms with E-state index in [-0.39, 0.29) is 17.4 Å². The Labute approximate surface area is 92.9 Å². The molecule has 86 valence electrons. The summed E-state index contributed by atoms with van der Waals surface area (Å²) in [4.78, 5) is 10.2. The van der Waals surface area contributed by atoms with E-state index in [0.717, 1.165) is 18.2 Å². The first-order valence-electron chi connectivity index (χ1n) is 4.86. The summed E-state index contributed by atoms with van der Waals surface area (Å²) in [5, 5.41) is 13.6. The summed E-state index contributed by atoms with van der Waals surface area (Å²) >= 11 is 0. The number of anilines is 1. The normalized spacial score (nSPS) is 11.9. The molecule has 4 nitrogen and oxygen atoms in total. The van der Waals surface area contributed by atoms with Crippen molar-refractivity contribution in [3.8, 4) is 0 Å². The van der Waals surface area contributed by atoms with Gasteiger partial charge < -0.3 is 5.32 Å². The summed E-state index contributed by atoms with van der Waals surface area (Å²) in [6.07, 6.45) is 2.34. The van der Waals surface area contributed by atoms with Crippen molar-refractivity contribution in [3.05, 3.63) is 46.8 Å². The Hall–Kier alpha value is -1.91. The number of benzene rings is 1. The van der Waals surface area contributed by atoms with E-state index in [4.69, 9.17) is 0 Å². The molecule has 1 atom stereocenters. The molecule has 16 heavy (non-hydrogen) atoms. The Kier molecular flexibility index (Phi) is 3.99. The Morgan fingerprint density at radius 3 is 2.94 bits per heavy atom. The van der Waals surface area contributed by atoms with Crippen molar-refractivity contribution in [1.82, 2.24) is 0 Å². The number of rotatable bonds is 5. The molecular weight excluding hydrogens is 211 g/mol. The van der Waals surface area contributed by atoms with E-state index in [2.05, 4.69) is 11.9 Å². The summed E-state index contributed by atoms with van der Waals surface area (Å²) in [6, 6.07) is 3.32. The Morgan fingerprint density at radius 1 is 1.69 bits per heavy atom. The lowest BCUT2D eigenvalue weighted by molar-refractivity contribution is -0.384. The number of nitro groups is 1. The number of nitrogens with one attached hydrogen (secondary N) is 1. The third-order valence-corrected chi connectivity index (χ3v) is 2.08. The Bertz CT molecular complexity index is 407. The fraction of sp³-hybridized carbons (Fsp3) is 0.273. The SMILES string of the molecule is C=CCC(C)Nc1cc(F)ccc1[N+](=O)[O-]. The average molecular weight is 224 g/mol. The van der Waals surface area contributed by atoms with Crippen molar-refractivity contribution < 1.29 is 9.31 Å². The van der Waals surface area contributed by atoms with Gasteiger partial charge in [-0.3, -0.25) is 10.1 Å². The van der Waals surface area contributed by atoms with Crippen LogP contribution in [-0.2, 0) is 0 Å². The molecule has 1 aromatic rings. The van der Waals surface area contributed by atoms with Crippen LogP contribution < -0.4 is 5.32 Å². The van der Waals surface area contributed by atoms with Gasteiger partial charge in [0.15, 0.2) is 0 Å². The monoisotopic (exact) mass is 224 g/mol. The van der Waals surface area contributed by atoms with Crippen LogP contribution in [0.1, 0.15) is 13.3 Å². The number of hydrogen-bond donors (Lipinski definition) is 1. The van der Waals surface area contributed by atoms with E-state index < -0.39 is 10.7 Å². The molecule has 0 spiro atoms. The van der Waals surface area contributed by atoms with Gasteiger partial charge in [0.1, 0.15) is 11.5 Å². The molecule has 1 rings (SSSR count). The molecule has 1 N–H and O–H groups in total. The summed E-state index contributed by atoms with van der Waals surface area (Å²) in [6.45, 7) is 5.41. The molecule has 5 heteroatoms. The number of nitrogens with zero attached hydrogens (tertiary/aromatic N) is 1. The molecular formula is C11H13FN2O2. The Balaban J connectivity index is 2.96. The summed E-state index contributed by atoms with van der Waals surface area (Å²) in [5.41, 5.74) is 0.0664. The molecule has 0 heterocycles. The molecule has 1 aromatic carbocycles. The molecule has 0 aromatic heterocycles. The first-order chi connectivity index (χ1) is 7.54. The summed E-state index contributed by atoms with van der Waals surface area (Å²) in [5.74, 6) is -0.501. The minimum atomic E-state index is -0.539. The van der Waals surface area contributed by atoms with Gasteiger partial charge in [0.05, 0.1) is 4.92 Å². The van der Waals surface area contributed by atoms with E-state index in [0.29, 0.717) is 6.42 Å². The lowest BCUT2D eigenvalue weighted by Gasteiger charge is -2.13. The van der Waals surface area contributed by atoms with Gasteiger partial charge in [-0.15, -0.1) is 6.58 Å². The van der Waals surface area contributed by atoms with Crippen molar-refractivity contribution in [2.45, 2.75) is 19.4 Å². The second-order valence-corrected chi connectivity index (χ2v) is 3.49. The molecule has 0 amide bonds. The van der Waals surface area contributed by atoms with Crippen LogP contribution in [0.5, 0.6) is 0 Å². The molecule has 0 aliphatic rings. The highest BCUT2D eigenvalue weighted by molar-refractivity contribution is 5.61. The second kappa shape index (κ2) is 5.25. The highest BCUT2D eigenvalue weighted by Crippen LogP contribution is 2.25. The zero-order valence-electron chi connectivity index (χ0n) is 8.94. The van der Waals surface area contributed by atoms with Crippen LogP contribution in [0.3, 0.4) is 0 Å². The van der Waals surface area contributed by atoms with Crippen molar-refractivity contribution in [1.29, 1.82) is 0 Å². The zero-order chi connectivity index (χ0) is 12.1. The zero-order valence-corrected chi connectivity index (χ0v) is 8.94. The predicted octanol–water partition coefficient (Wildman–Crippen LogP) is 3.11. The maximum absolute atomic E-state index is 13.0. The molecule has 0 saturated carbocycles. The van der Waals surface area contributed by atoms with E-state index >= 15 is 0 Å². The van der Waals surface area contributed by atoms with Crippen molar-refractivity contribution in [2.75, 3.05) is 5.32 Å². The molecule has 0 fully saturated rings. The van der Waals surface area contributed by atoms with Crippen molar-refractivity contribution in [2.24, 2.45) is 0 Å². The molecule has 1 unspecified atom stereocenters.